The standard InChI is InChI=1S/C13H17NO4S/c1-9-3-5-11(6-4-9)14-12-7-19(16,17)8-13(12)18-10(2)15/h3-6,12-14H,7-8H2,1-2H3. The molecule has 5 nitrogen and oxygen atoms in total. The SMILES string of the molecule is CC(=O)OC1CS(=O)(=O)CC1Nc1ccc(C)cc1. The van der Waals surface area contributed by atoms with Gasteiger partial charge in [-0.15, -0.1) is 0 Å². The zero-order valence-corrected chi connectivity index (χ0v) is 11.7. The van der Waals surface area contributed by atoms with E-state index < -0.39 is 28.0 Å². The number of esters is 1. The molecule has 2 atom stereocenters. The van der Waals surface area contributed by atoms with Gasteiger partial charge in [-0.1, -0.05) is 17.7 Å². The second-order valence-corrected chi connectivity index (χ2v) is 7.00. The number of hydrogen-bond acceptors (Lipinski definition) is 5. The molecular weight excluding hydrogens is 266 g/mol. The molecule has 1 heterocycles. The van der Waals surface area contributed by atoms with Crippen molar-refractivity contribution in [3.8, 4) is 0 Å². The number of carbonyl (C=O) groups excluding carboxylic acids is 1. The van der Waals surface area contributed by atoms with Crippen LogP contribution in [0, 0.1) is 6.92 Å². The van der Waals surface area contributed by atoms with Crippen molar-refractivity contribution in [3.05, 3.63) is 29.8 Å². The normalized spacial score (nSPS) is 24.9. The van der Waals surface area contributed by atoms with Crippen LogP contribution in [0.3, 0.4) is 0 Å². The number of rotatable bonds is 3. The molecule has 104 valence electrons. The van der Waals surface area contributed by atoms with Gasteiger partial charge in [-0.05, 0) is 19.1 Å². The maximum absolute atomic E-state index is 11.6. The lowest BCUT2D eigenvalue weighted by atomic mass is 10.1. The van der Waals surface area contributed by atoms with E-state index in [1.165, 1.54) is 6.92 Å². The first-order valence-electron chi connectivity index (χ1n) is 6.06. The molecule has 1 fully saturated rings. The highest BCUT2D eigenvalue weighted by Crippen LogP contribution is 2.21. The molecule has 1 aliphatic heterocycles. The van der Waals surface area contributed by atoms with Crippen LogP contribution in [0.15, 0.2) is 24.3 Å². The largest absolute Gasteiger partial charge is 0.459 e. The minimum absolute atomic E-state index is 0.0151. The molecule has 0 amide bonds. The molecule has 19 heavy (non-hydrogen) atoms. The van der Waals surface area contributed by atoms with Gasteiger partial charge in [-0.3, -0.25) is 4.79 Å². The van der Waals surface area contributed by atoms with Crippen molar-refractivity contribution in [1.82, 2.24) is 0 Å². The van der Waals surface area contributed by atoms with Gasteiger partial charge in [-0.2, -0.15) is 0 Å². The van der Waals surface area contributed by atoms with Crippen molar-refractivity contribution in [1.29, 1.82) is 0 Å². The molecule has 0 saturated carbocycles. The van der Waals surface area contributed by atoms with Crippen LogP contribution in [0.2, 0.25) is 0 Å². The lowest BCUT2D eigenvalue weighted by molar-refractivity contribution is -0.145. The molecule has 0 aliphatic carbocycles. The number of hydrogen-bond donors (Lipinski definition) is 1. The van der Waals surface area contributed by atoms with Gasteiger partial charge in [0, 0.05) is 12.6 Å². The Morgan fingerprint density at radius 1 is 1.26 bits per heavy atom. The summed E-state index contributed by atoms with van der Waals surface area (Å²) in [6.07, 6.45) is -0.621. The fourth-order valence-electron chi connectivity index (χ4n) is 2.14. The van der Waals surface area contributed by atoms with Crippen LogP contribution < -0.4 is 5.32 Å². The van der Waals surface area contributed by atoms with Gasteiger partial charge in [0.15, 0.2) is 9.84 Å². The highest BCUT2D eigenvalue weighted by Gasteiger charge is 2.39. The van der Waals surface area contributed by atoms with Crippen molar-refractivity contribution < 1.29 is 17.9 Å². The van der Waals surface area contributed by atoms with Crippen LogP contribution >= 0.6 is 0 Å². The minimum Gasteiger partial charge on any atom is -0.459 e. The van der Waals surface area contributed by atoms with Crippen molar-refractivity contribution in [3.63, 3.8) is 0 Å². The highest BCUT2D eigenvalue weighted by molar-refractivity contribution is 7.91. The summed E-state index contributed by atoms with van der Waals surface area (Å²) in [7, 11) is -3.16. The zero-order valence-electron chi connectivity index (χ0n) is 10.9. The molecular formula is C13H17NO4S. The Hall–Kier alpha value is -1.56. The molecule has 0 aromatic heterocycles. The third-order valence-corrected chi connectivity index (χ3v) is 4.72. The van der Waals surface area contributed by atoms with E-state index >= 15 is 0 Å². The van der Waals surface area contributed by atoms with Crippen LogP contribution in [0.1, 0.15) is 12.5 Å². The summed E-state index contributed by atoms with van der Waals surface area (Å²) in [6.45, 7) is 3.26. The number of anilines is 1. The molecule has 1 aromatic rings. The van der Waals surface area contributed by atoms with E-state index in [1.807, 2.05) is 31.2 Å². The summed E-state index contributed by atoms with van der Waals surface area (Å²) in [5, 5.41) is 3.12. The van der Waals surface area contributed by atoms with Gasteiger partial charge in [0.05, 0.1) is 17.5 Å². The number of benzene rings is 1. The van der Waals surface area contributed by atoms with E-state index in [1.54, 1.807) is 0 Å². The van der Waals surface area contributed by atoms with Crippen LogP contribution in [-0.2, 0) is 19.4 Å². The Morgan fingerprint density at radius 2 is 1.89 bits per heavy atom. The fourth-order valence-corrected chi connectivity index (χ4v) is 3.93. The number of nitrogens with one attached hydrogen (secondary N) is 1. The number of sulfone groups is 1. The predicted octanol–water partition coefficient (Wildman–Crippen LogP) is 1.14. The molecule has 2 rings (SSSR count). The lowest BCUT2D eigenvalue weighted by Crippen LogP contribution is -2.35. The number of carbonyl (C=O) groups is 1. The van der Waals surface area contributed by atoms with Crippen molar-refractivity contribution >= 4 is 21.5 Å². The monoisotopic (exact) mass is 283 g/mol. The lowest BCUT2D eigenvalue weighted by Gasteiger charge is -2.20. The highest BCUT2D eigenvalue weighted by atomic mass is 32.2. The smallest absolute Gasteiger partial charge is 0.303 e. The quantitative estimate of drug-likeness (QED) is 0.842. The molecule has 1 aromatic carbocycles. The van der Waals surface area contributed by atoms with Crippen molar-refractivity contribution in [2.24, 2.45) is 0 Å². The maximum atomic E-state index is 11.6. The van der Waals surface area contributed by atoms with Gasteiger partial charge in [-0.25, -0.2) is 8.42 Å². The summed E-state index contributed by atoms with van der Waals surface area (Å²) in [6, 6.07) is 7.24. The first-order chi connectivity index (χ1) is 8.85. The maximum Gasteiger partial charge on any atom is 0.303 e. The predicted molar refractivity (Wildman–Crippen MR) is 72.8 cm³/mol. The molecule has 0 radical (unpaired) electrons. The minimum atomic E-state index is -3.16. The molecule has 1 aliphatic rings. The van der Waals surface area contributed by atoms with E-state index in [-0.39, 0.29) is 11.5 Å². The number of aryl methyl sites for hydroxylation is 1. The average Bonchev–Trinajstić information content (AvgIpc) is 2.55. The topological polar surface area (TPSA) is 72.5 Å². The summed E-state index contributed by atoms with van der Waals surface area (Å²) in [5.74, 6) is -0.590. The van der Waals surface area contributed by atoms with E-state index in [0.29, 0.717) is 0 Å². The van der Waals surface area contributed by atoms with Gasteiger partial charge >= 0.3 is 5.97 Å². The third-order valence-electron chi connectivity index (χ3n) is 3.02. The Morgan fingerprint density at radius 3 is 2.47 bits per heavy atom. The van der Waals surface area contributed by atoms with Crippen molar-refractivity contribution in [2.45, 2.75) is 26.0 Å². The molecule has 0 bridgehead atoms. The molecule has 6 heteroatoms. The average molecular weight is 283 g/mol. The Kier molecular flexibility index (Phi) is 3.80. The first kappa shape index (κ1) is 13.9. The number of ether oxygens (including phenoxy) is 1. The van der Waals surface area contributed by atoms with Crippen LogP contribution in [-0.4, -0.2) is 38.0 Å². The van der Waals surface area contributed by atoms with E-state index in [4.69, 9.17) is 4.74 Å². The van der Waals surface area contributed by atoms with Crippen LogP contribution in [0.4, 0.5) is 5.69 Å². The van der Waals surface area contributed by atoms with Crippen molar-refractivity contribution in [2.75, 3.05) is 16.8 Å². The van der Waals surface area contributed by atoms with Gasteiger partial charge < -0.3 is 10.1 Å². The van der Waals surface area contributed by atoms with Crippen LogP contribution in [0.25, 0.3) is 0 Å². The summed E-state index contributed by atoms with van der Waals surface area (Å²) in [5.41, 5.74) is 1.95. The third kappa shape index (κ3) is 3.70. The van der Waals surface area contributed by atoms with Gasteiger partial charge in [0.1, 0.15) is 6.10 Å². The first-order valence-corrected chi connectivity index (χ1v) is 7.89. The summed E-state index contributed by atoms with van der Waals surface area (Å²) >= 11 is 0. The molecule has 1 saturated heterocycles. The van der Waals surface area contributed by atoms with Crippen LogP contribution in [0.5, 0.6) is 0 Å². The molecule has 0 spiro atoms. The van der Waals surface area contributed by atoms with E-state index in [9.17, 15) is 13.2 Å². The van der Waals surface area contributed by atoms with Gasteiger partial charge in [0.25, 0.3) is 0 Å². The Bertz CT molecular complexity index is 565. The second kappa shape index (κ2) is 5.21. The zero-order chi connectivity index (χ0) is 14.0. The van der Waals surface area contributed by atoms with E-state index in [0.717, 1.165) is 11.3 Å². The Balaban J connectivity index is 2.12. The summed E-state index contributed by atoms with van der Waals surface area (Å²) in [4.78, 5) is 11.0. The molecule has 1 N–H and O–H groups in total. The Labute approximate surface area is 112 Å². The fraction of sp³-hybridized carbons (Fsp3) is 0.462. The van der Waals surface area contributed by atoms with E-state index in [2.05, 4.69) is 5.32 Å². The van der Waals surface area contributed by atoms with Gasteiger partial charge in [0.2, 0.25) is 0 Å². The molecule has 2 unspecified atom stereocenters. The summed E-state index contributed by atoms with van der Waals surface area (Å²) < 4.78 is 28.4. The second-order valence-electron chi connectivity index (χ2n) is 4.84.